The molecule has 1 aromatic carbocycles. The number of hydrogen-bond donors (Lipinski definition) is 1. The standard InChI is InChI=1S/C14H13FN2O3S/c1-20-12(18)7-6-11-8-21-14(16-11)17-13(19)9-2-4-10(15)5-3-9/h2-5,8H,6-7H2,1H3,(H,16,17,19). The number of esters is 1. The number of aryl methyl sites for hydroxylation is 1. The number of rotatable bonds is 5. The van der Waals surface area contributed by atoms with Crippen molar-refractivity contribution < 1.29 is 18.7 Å². The van der Waals surface area contributed by atoms with Crippen LogP contribution in [0.25, 0.3) is 0 Å². The van der Waals surface area contributed by atoms with E-state index in [1.807, 2.05) is 0 Å². The summed E-state index contributed by atoms with van der Waals surface area (Å²) >= 11 is 1.27. The molecule has 0 fully saturated rings. The van der Waals surface area contributed by atoms with Crippen LogP contribution in [0.3, 0.4) is 0 Å². The molecule has 5 nitrogen and oxygen atoms in total. The largest absolute Gasteiger partial charge is 0.469 e. The van der Waals surface area contributed by atoms with E-state index in [1.54, 1.807) is 5.38 Å². The van der Waals surface area contributed by atoms with Gasteiger partial charge in [0.25, 0.3) is 5.91 Å². The van der Waals surface area contributed by atoms with Crippen LogP contribution in [0.2, 0.25) is 0 Å². The molecule has 0 radical (unpaired) electrons. The van der Waals surface area contributed by atoms with Gasteiger partial charge in [0.1, 0.15) is 5.82 Å². The predicted octanol–water partition coefficient (Wildman–Crippen LogP) is 2.64. The van der Waals surface area contributed by atoms with Gasteiger partial charge in [0.15, 0.2) is 5.13 Å². The number of benzene rings is 1. The molecule has 0 aliphatic carbocycles. The summed E-state index contributed by atoms with van der Waals surface area (Å²) < 4.78 is 17.3. The van der Waals surface area contributed by atoms with Crippen LogP contribution in [0.1, 0.15) is 22.5 Å². The molecule has 1 heterocycles. The van der Waals surface area contributed by atoms with Gasteiger partial charge in [0.2, 0.25) is 0 Å². The lowest BCUT2D eigenvalue weighted by atomic mass is 10.2. The van der Waals surface area contributed by atoms with Crippen molar-refractivity contribution in [2.24, 2.45) is 0 Å². The zero-order valence-corrected chi connectivity index (χ0v) is 12.1. The number of hydrogen-bond acceptors (Lipinski definition) is 5. The van der Waals surface area contributed by atoms with Gasteiger partial charge in [0, 0.05) is 17.4 Å². The maximum absolute atomic E-state index is 12.8. The van der Waals surface area contributed by atoms with E-state index < -0.39 is 5.82 Å². The van der Waals surface area contributed by atoms with Crippen molar-refractivity contribution in [1.29, 1.82) is 0 Å². The number of carbonyl (C=O) groups excluding carboxylic acids is 2. The van der Waals surface area contributed by atoms with Crippen LogP contribution in [0, 0.1) is 5.82 Å². The maximum Gasteiger partial charge on any atom is 0.305 e. The normalized spacial score (nSPS) is 10.2. The van der Waals surface area contributed by atoms with Crippen LogP contribution in [0.4, 0.5) is 9.52 Å². The number of carbonyl (C=O) groups is 2. The number of anilines is 1. The first kappa shape index (κ1) is 15.1. The highest BCUT2D eigenvalue weighted by Gasteiger charge is 2.10. The molecule has 0 aliphatic rings. The molecule has 1 N–H and O–H groups in total. The Kier molecular flexibility index (Phi) is 4.99. The molecule has 0 unspecified atom stereocenters. The summed E-state index contributed by atoms with van der Waals surface area (Å²) in [6.45, 7) is 0. The summed E-state index contributed by atoms with van der Waals surface area (Å²) in [6.07, 6.45) is 0.696. The average Bonchev–Trinajstić information content (AvgIpc) is 2.93. The number of thiazole rings is 1. The van der Waals surface area contributed by atoms with Gasteiger partial charge < -0.3 is 4.74 Å². The van der Waals surface area contributed by atoms with Crippen LogP contribution in [0.5, 0.6) is 0 Å². The number of nitrogens with zero attached hydrogens (tertiary/aromatic N) is 1. The lowest BCUT2D eigenvalue weighted by Gasteiger charge is -2.01. The van der Waals surface area contributed by atoms with E-state index in [0.717, 1.165) is 0 Å². The second-order valence-electron chi connectivity index (χ2n) is 4.18. The fourth-order valence-electron chi connectivity index (χ4n) is 1.58. The molecular weight excluding hydrogens is 295 g/mol. The maximum atomic E-state index is 12.8. The minimum absolute atomic E-state index is 0.242. The third-order valence-electron chi connectivity index (χ3n) is 2.69. The molecular formula is C14H13FN2O3S. The van der Waals surface area contributed by atoms with Crippen LogP contribution in [-0.2, 0) is 16.0 Å². The molecule has 0 atom stereocenters. The number of ether oxygens (including phenoxy) is 1. The molecule has 110 valence electrons. The van der Waals surface area contributed by atoms with Crippen molar-refractivity contribution in [3.8, 4) is 0 Å². The number of nitrogens with one attached hydrogen (secondary N) is 1. The van der Waals surface area contributed by atoms with Crippen molar-refractivity contribution in [2.45, 2.75) is 12.8 Å². The Hall–Kier alpha value is -2.28. The molecule has 1 amide bonds. The predicted molar refractivity (Wildman–Crippen MR) is 76.8 cm³/mol. The van der Waals surface area contributed by atoms with Crippen molar-refractivity contribution in [3.05, 3.63) is 46.7 Å². The number of aromatic nitrogens is 1. The zero-order chi connectivity index (χ0) is 15.2. The highest BCUT2D eigenvalue weighted by molar-refractivity contribution is 7.13. The van der Waals surface area contributed by atoms with E-state index in [9.17, 15) is 14.0 Å². The lowest BCUT2D eigenvalue weighted by Crippen LogP contribution is -2.11. The quantitative estimate of drug-likeness (QED) is 0.862. The van der Waals surface area contributed by atoms with Gasteiger partial charge in [-0.15, -0.1) is 11.3 Å². The third-order valence-corrected chi connectivity index (χ3v) is 3.50. The van der Waals surface area contributed by atoms with E-state index in [4.69, 9.17) is 0 Å². The fourth-order valence-corrected chi connectivity index (χ4v) is 2.32. The first-order chi connectivity index (χ1) is 10.1. The Morgan fingerprint density at radius 1 is 1.33 bits per heavy atom. The van der Waals surface area contributed by atoms with Crippen LogP contribution in [-0.4, -0.2) is 24.0 Å². The summed E-state index contributed by atoms with van der Waals surface area (Å²) in [5.74, 6) is -1.06. The molecule has 0 saturated carbocycles. The van der Waals surface area contributed by atoms with Gasteiger partial charge in [0.05, 0.1) is 19.2 Å². The van der Waals surface area contributed by atoms with Gasteiger partial charge in [-0.3, -0.25) is 14.9 Å². The van der Waals surface area contributed by atoms with E-state index in [-0.39, 0.29) is 18.3 Å². The summed E-state index contributed by atoms with van der Waals surface area (Å²) in [4.78, 5) is 27.1. The highest BCUT2D eigenvalue weighted by Crippen LogP contribution is 2.17. The topological polar surface area (TPSA) is 68.3 Å². The molecule has 0 aliphatic heterocycles. The molecule has 21 heavy (non-hydrogen) atoms. The highest BCUT2D eigenvalue weighted by atomic mass is 32.1. The second-order valence-corrected chi connectivity index (χ2v) is 5.04. The Labute approximate surface area is 124 Å². The summed E-state index contributed by atoms with van der Waals surface area (Å²) in [7, 11) is 1.33. The monoisotopic (exact) mass is 308 g/mol. The third kappa shape index (κ3) is 4.35. The molecule has 0 saturated heterocycles. The Morgan fingerprint density at radius 3 is 2.71 bits per heavy atom. The van der Waals surface area contributed by atoms with Gasteiger partial charge in [-0.2, -0.15) is 0 Å². The van der Waals surface area contributed by atoms with Crippen molar-refractivity contribution >= 4 is 28.3 Å². The van der Waals surface area contributed by atoms with E-state index in [1.165, 1.54) is 42.7 Å². The minimum atomic E-state index is -0.397. The van der Waals surface area contributed by atoms with E-state index in [0.29, 0.717) is 22.8 Å². The van der Waals surface area contributed by atoms with Crippen LogP contribution >= 0.6 is 11.3 Å². The second kappa shape index (κ2) is 6.94. The molecule has 2 rings (SSSR count). The first-order valence-corrected chi connectivity index (χ1v) is 7.04. The molecule has 7 heteroatoms. The Bertz CT molecular complexity index is 640. The lowest BCUT2D eigenvalue weighted by molar-refractivity contribution is -0.140. The van der Waals surface area contributed by atoms with Crippen molar-refractivity contribution in [3.63, 3.8) is 0 Å². The van der Waals surface area contributed by atoms with Gasteiger partial charge >= 0.3 is 5.97 Å². The van der Waals surface area contributed by atoms with Gasteiger partial charge in [-0.25, -0.2) is 9.37 Å². The molecule has 0 spiro atoms. The number of methoxy groups -OCH3 is 1. The molecule has 1 aromatic heterocycles. The summed E-state index contributed by atoms with van der Waals surface area (Å²) in [6, 6.07) is 5.24. The van der Waals surface area contributed by atoms with E-state index >= 15 is 0 Å². The Balaban J connectivity index is 1.94. The first-order valence-electron chi connectivity index (χ1n) is 6.16. The fraction of sp³-hybridized carbons (Fsp3) is 0.214. The van der Waals surface area contributed by atoms with Crippen molar-refractivity contribution in [2.75, 3.05) is 12.4 Å². The van der Waals surface area contributed by atoms with Gasteiger partial charge in [-0.1, -0.05) is 0 Å². The summed E-state index contributed by atoms with van der Waals surface area (Å²) in [5, 5.41) is 4.83. The van der Waals surface area contributed by atoms with Gasteiger partial charge in [-0.05, 0) is 24.3 Å². The Morgan fingerprint density at radius 2 is 2.05 bits per heavy atom. The molecule has 2 aromatic rings. The van der Waals surface area contributed by atoms with Crippen LogP contribution < -0.4 is 5.32 Å². The SMILES string of the molecule is COC(=O)CCc1csc(NC(=O)c2ccc(F)cc2)n1. The summed E-state index contributed by atoms with van der Waals surface area (Å²) in [5.41, 5.74) is 1.06. The number of halogens is 1. The van der Waals surface area contributed by atoms with Crippen LogP contribution in [0.15, 0.2) is 29.6 Å². The van der Waals surface area contributed by atoms with E-state index in [2.05, 4.69) is 15.0 Å². The zero-order valence-electron chi connectivity index (χ0n) is 11.3. The minimum Gasteiger partial charge on any atom is -0.469 e. The molecule has 0 bridgehead atoms. The van der Waals surface area contributed by atoms with Crippen molar-refractivity contribution in [1.82, 2.24) is 4.98 Å². The smallest absolute Gasteiger partial charge is 0.305 e. The average molecular weight is 308 g/mol. The number of amides is 1.